The molecule has 0 spiro atoms. The predicted molar refractivity (Wildman–Crippen MR) is 91.4 cm³/mol. The smallest absolute Gasteiger partial charge is 0.253 e. The summed E-state index contributed by atoms with van der Waals surface area (Å²) < 4.78 is 23.9. The average Bonchev–Trinajstić information content (AvgIpc) is 2.43. The molecule has 1 heterocycles. The lowest BCUT2D eigenvalue weighted by atomic mass is 10.1. The fourth-order valence-electron chi connectivity index (χ4n) is 2.70. The number of nitrogens with zero attached hydrogens (tertiary/aromatic N) is 1. The molecule has 6 heteroatoms. The molecule has 1 aromatic rings. The molecule has 1 aromatic carbocycles. The molecule has 122 valence electrons. The topological polar surface area (TPSA) is 54.5 Å². The van der Waals surface area contributed by atoms with Crippen molar-refractivity contribution in [3.63, 3.8) is 0 Å². The Hall–Kier alpha value is -1.01. The van der Waals surface area contributed by atoms with Crippen LogP contribution in [0.15, 0.2) is 23.1 Å². The molecule has 0 atom stereocenters. The maximum atomic E-state index is 12.7. The van der Waals surface area contributed by atoms with Crippen molar-refractivity contribution in [3.05, 3.63) is 29.3 Å². The van der Waals surface area contributed by atoms with Crippen LogP contribution in [0.25, 0.3) is 0 Å². The first kappa shape index (κ1) is 17.3. The van der Waals surface area contributed by atoms with Crippen LogP contribution in [0.2, 0.25) is 0 Å². The second kappa shape index (κ2) is 6.24. The van der Waals surface area contributed by atoms with Crippen molar-refractivity contribution in [2.24, 2.45) is 0 Å². The molecule has 0 unspecified atom stereocenters. The SMILES string of the molecule is CCc1ccc(C(=O)N2CCSC(C)(C)C2)cc1S(C)(=O)=O. The van der Waals surface area contributed by atoms with Crippen LogP contribution in [-0.4, -0.2) is 49.1 Å². The lowest BCUT2D eigenvalue weighted by Gasteiger charge is -2.37. The van der Waals surface area contributed by atoms with Crippen molar-refractivity contribution in [1.29, 1.82) is 0 Å². The first-order chi connectivity index (χ1) is 10.1. The van der Waals surface area contributed by atoms with Crippen molar-refractivity contribution >= 4 is 27.5 Å². The first-order valence-corrected chi connectivity index (χ1v) is 10.3. The molecule has 0 aromatic heterocycles. The second-order valence-electron chi connectivity index (χ2n) is 6.28. The molecule has 1 aliphatic heterocycles. The van der Waals surface area contributed by atoms with Gasteiger partial charge in [0.25, 0.3) is 5.91 Å². The van der Waals surface area contributed by atoms with Gasteiger partial charge in [-0.1, -0.05) is 13.0 Å². The summed E-state index contributed by atoms with van der Waals surface area (Å²) in [4.78, 5) is 14.8. The third-order valence-corrected chi connectivity index (χ3v) is 6.28. The molecule has 0 aliphatic carbocycles. The van der Waals surface area contributed by atoms with Gasteiger partial charge in [-0.2, -0.15) is 11.8 Å². The van der Waals surface area contributed by atoms with Gasteiger partial charge in [0.05, 0.1) is 4.90 Å². The van der Waals surface area contributed by atoms with Gasteiger partial charge in [0.1, 0.15) is 0 Å². The molecule has 2 rings (SSSR count). The van der Waals surface area contributed by atoms with Crippen molar-refractivity contribution in [1.82, 2.24) is 4.90 Å². The predicted octanol–water partition coefficient (Wildman–Crippen LogP) is 2.62. The van der Waals surface area contributed by atoms with Gasteiger partial charge in [0.2, 0.25) is 0 Å². The minimum atomic E-state index is -3.33. The minimum absolute atomic E-state index is 0.0386. The number of aryl methyl sites for hydroxylation is 1. The summed E-state index contributed by atoms with van der Waals surface area (Å²) in [5.41, 5.74) is 1.22. The number of carbonyl (C=O) groups is 1. The van der Waals surface area contributed by atoms with E-state index in [1.165, 1.54) is 12.3 Å². The molecule has 4 nitrogen and oxygen atoms in total. The van der Waals surface area contributed by atoms with Gasteiger partial charge in [-0.25, -0.2) is 8.42 Å². The van der Waals surface area contributed by atoms with Gasteiger partial charge in [-0.05, 0) is 38.0 Å². The monoisotopic (exact) mass is 341 g/mol. The van der Waals surface area contributed by atoms with Crippen molar-refractivity contribution in [2.75, 3.05) is 25.1 Å². The summed E-state index contributed by atoms with van der Waals surface area (Å²) in [6.07, 6.45) is 1.82. The lowest BCUT2D eigenvalue weighted by Crippen LogP contribution is -2.46. The molecule has 1 aliphatic rings. The second-order valence-corrected chi connectivity index (χ2v) is 10.1. The minimum Gasteiger partial charge on any atom is -0.336 e. The fourth-order valence-corrected chi connectivity index (χ4v) is 4.84. The first-order valence-electron chi connectivity index (χ1n) is 7.40. The van der Waals surface area contributed by atoms with Crippen molar-refractivity contribution in [2.45, 2.75) is 36.8 Å². The lowest BCUT2D eigenvalue weighted by molar-refractivity contribution is 0.0748. The summed E-state index contributed by atoms with van der Waals surface area (Å²) in [6, 6.07) is 5.03. The Labute approximate surface area is 137 Å². The molecule has 0 N–H and O–H groups in total. The highest BCUT2D eigenvalue weighted by molar-refractivity contribution is 8.00. The Morgan fingerprint density at radius 3 is 2.59 bits per heavy atom. The van der Waals surface area contributed by atoms with Gasteiger partial charge in [0, 0.05) is 35.4 Å². The van der Waals surface area contributed by atoms with Gasteiger partial charge in [0.15, 0.2) is 9.84 Å². The number of hydrogen-bond donors (Lipinski definition) is 0. The number of hydrogen-bond acceptors (Lipinski definition) is 4. The Morgan fingerprint density at radius 2 is 2.05 bits per heavy atom. The summed E-state index contributed by atoms with van der Waals surface area (Å²) in [6.45, 7) is 7.55. The highest BCUT2D eigenvalue weighted by Gasteiger charge is 2.30. The van der Waals surface area contributed by atoms with Crippen LogP contribution in [-0.2, 0) is 16.3 Å². The van der Waals surface area contributed by atoms with Crippen LogP contribution in [0.5, 0.6) is 0 Å². The van der Waals surface area contributed by atoms with Gasteiger partial charge >= 0.3 is 0 Å². The highest BCUT2D eigenvalue weighted by Crippen LogP contribution is 2.30. The van der Waals surface area contributed by atoms with Gasteiger partial charge in [-0.15, -0.1) is 0 Å². The molecule has 1 fully saturated rings. The number of carbonyl (C=O) groups excluding carboxylic acids is 1. The fraction of sp³-hybridized carbons (Fsp3) is 0.562. The number of thioether (sulfide) groups is 1. The third-order valence-electron chi connectivity index (χ3n) is 3.81. The summed E-state index contributed by atoms with van der Waals surface area (Å²) >= 11 is 1.86. The normalized spacial score (nSPS) is 18.3. The summed E-state index contributed by atoms with van der Waals surface area (Å²) in [7, 11) is -3.33. The average molecular weight is 341 g/mol. The van der Waals surface area contributed by atoms with Crippen LogP contribution >= 0.6 is 11.8 Å². The maximum absolute atomic E-state index is 12.7. The zero-order valence-electron chi connectivity index (χ0n) is 13.5. The molecule has 22 heavy (non-hydrogen) atoms. The quantitative estimate of drug-likeness (QED) is 0.848. The van der Waals surface area contributed by atoms with Crippen LogP contribution in [0.3, 0.4) is 0 Å². The van der Waals surface area contributed by atoms with Crippen LogP contribution < -0.4 is 0 Å². The van der Waals surface area contributed by atoms with Gasteiger partial charge in [-0.3, -0.25) is 4.79 Å². The number of benzene rings is 1. The number of amides is 1. The number of sulfone groups is 1. The van der Waals surface area contributed by atoms with Crippen molar-refractivity contribution in [3.8, 4) is 0 Å². The molecule has 0 bridgehead atoms. The number of rotatable bonds is 3. The van der Waals surface area contributed by atoms with E-state index in [0.717, 1.165) is 11.3 Å². The Balaban J connectivity index is 2.35. The van der Waals surface area contributed by atoms with E-state index in [4.69, 9.17) is 0 Å². The van der Waals surface area contributed by atoms with Crippen molar-refractivity contribution < 1.29 is 13.2 Å². The van der Waals surface area contributed by atoms with E-state index in [9.17, 15) is 13.2 Å². The van der Waals surface area contributed by atoms with E-state index >= 15 is 0 Å². The molecular formula is C16H23NO3S2. The van der Waals surface area contributed by atoms with E-state index in [0.29, 0.717) is 25.1 Å². The highest BCUT2D eigenvalue weighted by atomic mass is 32.2. The zero-order valence-corrected chi connectivity index (χ0v) is 15.2. The molecular weight excluding hydrogens is 318 g/mol. The van der Waals surface area contributed by atoms with E-state index in [1.54, 1.807) is 12.1 Å². The largest absolute Gasteiger partial charge is 0.336 e. The zero-order chi connectivity index (χ0) is 16.5. The maximum Gasteiger partial charge on any atom is 0.253 e. The van der Waals surface area contributed by atoms with E-state index < -0.39 is 9.84 Å². The van der Waals surface area contributed by atoms with Crippen LogP contribution in [0.1, 0.15) is 36.7 Å². The molecule has 0 radical (unpaired) electrons. The van der Waals surface area contributed by atoms with Crippen LogP contribution in [0.4, 0.5) is 0 Å². The van der Waals surface area contributed by atoms with E-state index in [2.05, 4.69) is 13.8 Å². The third kappa shape index (κ3) is 3.84. The Kier molecular flexibility index (Phi) is 4.92. The van der Waals surface area contributed by atoms with Crippen LogP contribution in [0, 0.1) is 0 Å². The Bertz CT molecular complexity index is 681. The standard InChI is InChI=1S/C16H23NO3S2/c1-5-12-6-7-13(10-14(12)22(4,19)20)15(18)17-8-9-21-16(2,3)11-17/h6-7,10H,5,8-9,11H2,1-4H3. The van der Waals surface area contributed by atoms with E-state index in [-0.39, 0.29) is 15.5 Å². The molecule has 1 amide bonds. The van der Waals surface area contributed by atoms with Gasteiger partial charge < -0.3 is 4.90 Å². The summed E-state index contributed by atoms with van der Waals surface area (Å²) in [5, 5.41) is 0. The summed E-state index contributed by atoms with van der Waals surface area (Å²) in [5.74, 6) is 0.825. The molecule has 1 saturated heterocycles. The Morgan fingerprint density at radius 1 is 1.36 bits per heavy atom. The van der Waals surface area contributed by atoms with E-state index in [1.807, 2.05) is 23.6 Å². The molecule has 0 saturated carbocycles.